The van der Waals surface area contributed by atoms with Crippen molar-refractivity contribution < 1.29 is 18.8 Å². The van der Waals surface area contributed by atoms with Crippen LogP contribution in [0.5, 0.6) is 17.2 Å². The van der Waals surface area contributed by atoms with Crippen molar-refractivity contribution in [2.24, 2.45) is 0 Å². The van der Waals surface area contributed by atoms with E-state index in [0.717, 1.165) is 55.4 Å². The molecule has 0 aliphatic carbocycles. The third kappa shape index (κ3) is 3.56. The molecule has 1 saturated heterocycles. The number of hydrogen-bond acceptors (Lipinski definition) is 4. The van der Waals surface area contributed by atoms with Crippen molar-refractivity contribution in [3.05, 3.63) is 81.7 Å². The summed E-state index contributed by atoms with van der Waals surface area (Å²) < 4.78 is 24.4. The predicted molar refractivity (Wildman–Crippen MR) is 133 cm³/mol. The molecular formula is C28H29BO4. The second kappa shape index (κ2) is 7.51. The van der Waals surface area contributed by atoms with Crippen molar-refractivity contribution in [2.75, 3.05) is 7.11 Å². The van der Waals surface area contributed by atoms with Gasteiger partial charge in [0.25, 0.3) is 0 Å². The first-order valence-corrected chi connectivity index (χ1v) is 11.3. The smallest absolute Gasteiger partial charge is 0.494 e. The van der Waals surface area contributed by atoms with Gasteiger partial charge in [-0.25, -0.2) is 0 Å². The molecule has 0 N–H and O–H groups in total. The molecule has 5 rings (SSSR count). The van der Waals surface area contributed by atoms with Gasteiger partial charge in [-0.1, -0.05) is 36.9 Å². The van der Waals surface area contributed by atoms with E-state index in [1.807, 2.05) is 24.3 Å². The van der Waals surface area contributed by atoms with Gasteiger partial charge in [-0.2, -0.15) is 0 Å². The summed E-state index contributed by atoms with van der Waals surface area (Å²) in [5.74, 6) is 2.42. The summed E-state index contributed by atoms with van der Waals surface area (Å²) in [6, 6.07) is 18.5. The van der Waals surface area contributed by atoms with Crippen LogP contribution < -0.4 is 25.4 Å². The van der Waals surface area contributed by atoms with Crippen molar-refractivity contribution in [2.45, 2.75) is 45.8 Å². The molecule has 2 heterocycles. The van der Waals surface area contributed by atoms with Crippen LogP contribution in [0.25, 0.3) is 12.2 Å². The van der Waals surface area contributed by atoms with Gasteiger partial charge < -0.3 is 18.8 Å². The summed E-state index contributed by atoms with van der Waals surface area (Å²) in [5.41, 5.74) is 4.58. The van der Waals surface area contributed by atoms with E-state index in [9.17, 15) is 0 Å². The van der Waals surface area contributed by atoms with Gasteiger partial charge in [0.2, 0.25) is 0 Å². The van der Waals surface area contributed by atoms with Gasteiger partial charge in [0.1, 0.15) is 17.2 Å². The number of ether oxygens (including phenoxy) is 2. The third-order valence-corrected chi connectivity index (χ3v) is 7.04. The molecule has 0 saturated carbocycles. The van der Waals surface area contributed by atoms with Crippen molar-refractivity contribution in [1.29, 1.82) is 0 Å². The fourth-order valence-corrected chi connectivity index (χ4v) is 4.41. The maximum Gasteiger partial charge on any atom is 0.494 e. The topological polar surface area (TPSA) is 36.9 Å². The normalized spacial score (nSPS) is 17.9. The van der Waals surface area contributed by atoms with E-state index in [0.29, 0.717) is 0 Å². The van der Waals surface area contributed by atoms with Gasteiger partial charge in [0.15, 0.2) is 0 Å². The molecule has 3 aromatic carbocycles. The lowest BCUT2D eigenvalue weighted by atomic mass is 9.77. The van der Waals surface area contributed by atoms with Gasteiger partial charge >= 0.3 is 7.12 Å². The van der Waals surface area contributed by atoms with Gasteiger partial charge in [-0.05, 0) is 80.7 Å². The van der Waals surface area contributed by atoms with E-state index < -0.39 is 18.3 Å². The zero-order chi connectivity index (χ0) is 23.5. The Bertz CT molecular complexity index is 1360. The number of benzene rings is 3. The lowest BCUT2D eigenvalue weighted by molar-refractivity contribution is 0.00578. The first kappa shape index (κ1) is 21.8. The zero-order valence-corrected chi connectivity index (χ0v) is 20.1. The van der Waals surface area contributed by atoms with Crippen LogP contribution in [-0.4, -0.2) is 25.4 Å². The minimum Gasteiger partial charge on any atom is -0.497 e. The minimum absolute atomic E-state index is 0.401. The van der Waals surface area contributed by atoms with E-state index in [1.54, 1.807) is 7.11 Å². The molecule has 0 aromatic heterocycles. The lowest BCUT2D eigenvalue weighted by Gasteiger charge is -2.32. The Hall–Kier alpha value is -3.02. The summed E-state index contributed by atoms with van der Waals surface area (Å²) in [5, 5.41) is 1.96. The van der Waals surface area contributed by atoms with Gasteiger partial charge in [0.05, 0.1) is 18.3 Å². The Morgan fingerprint density at radius 3 is 2.18 bits per heavy atom. The molecule has 3 aromatic rings. The molecular weight excluding hydrogens is 411 g/mol. The van der Waals surface area contributed by atoms with Crippen LogP contribution in [0.15, 0.2) is 54.6 Å². The molecule has 0 amide bonds. The summed E-state index contributed by atoms with van der Waals surface area (Å²) in [6.45, 7) is 14.4. The maximum atomic E-state index is 6.40. The quantitative estimate of drug-likeness (QED) is 0.451. The minimum atomic E-state index is -0.448. The molecule has 4 nitrogen and oxygen atoms in total. The molecule has 0 spiro atoms. The van der Waals surface area contributed by atoms with Gasteiger partial charge in [-0.15, -0.1) is 0 Å². The molecule has 2 aliphatic rings. The molecule has 0 radical (unpaired) electrons. The van der Waals surface area contributed by atoms with E-state index in [-0.39, 0.29) is 0 Å². The third-order valence-electron chi connectivity index (χ3n) is 7.04. The highest BCUT2D eigenvalue weighted by Crippen LogP contribution is 2.39. The Morgan fingerprint density at radius 1 is 0.818 bits per heavy atom. The average molecular weight is 440 g/mol. The van der Waals surface area contributed by atoms with Crippen LogP contribution >= 0.6 is 0 Å². The Balaban J connectivity index is 1.68. The zero-order valence-electron chi connectivity index (χ0n) is 20.1. The van der Waals surface area contributed by atoms with Crippen LogP contribution in [0.1, 0.15) is 44.4 Å². The summed E-state index contributed by atoms with van der Waals surface area (Å²) >= 11 is 0. The molecule has 0 bridgehead atoms. The highest BCUT2D eigenvalue weighted by Gasteiger charge is 2.51. The van der Waals surface area contributed by atoms with Crippen LogP contribution in [0.4, 0.5) is 0 Å². The molecule has 2 aliphatic heterocycles. The van der Waals surface area contributed by atoms with Gasteiger partial charge in [0, 0.05) is 16.4 Å². The van der Waals surface area contributed by atoms with Crippen LogP contribution in [0.2, 0.25) is 0 Å². The van der Waals surface area contributed by atoms with Crippen LogP contribution in [0.3, 0.4) is 0 Å². The standard InChI is InChI=1S/C28H29BO4/c1-17-8-11-22-24(14-17)31-25-16-19(29-32-27(3,4)28(5,6)33-29)9-12-23(25)26(22)21-13-10-20(30-7)15-18(21)2/h8-16H,1H2,2-7H3. The maximum absolute atomic E-state index is 6.40. The molecule has 0 atom stereocenters. The van der Waals surface area contributed by atoms with E-state index >= 15 is 0 Å². The van der Waals surface area contributed by atoms with E-state index in [4.69, 9.17) is 18.8 Å². The summed E-state index contributed by atoms with van der Waals surface area (Å²) in [7, 11) is 1.24. The average Bonchev–Trinajstić information content (AvgIpc) is 2.98. The second-order valence-electron chi connectivity index (χ2n) is 9.83. The number of fused-ring (bicyclic) bond motifs is 2. The monoisotopic (exact) mass is 440 g/mol. The van der Waals surface area contributed by atoms with Crippen molar-refractivity contribution >= 4 is 24.7 Å². The van der Waals surface area contributed by atoms with E-state index in [1.165, 1.54) is 0 Å². The van der Waals surface area contributed by atoms with Crippen LogP contribution in [0, 0.1) is 6.92 Å². The second-order valence-corrected chi connectivity index (χ2v) is 9.83. The lowest BCUT2D eigenvalue weighted by Crippen LogP contribution is -2.41. The van der Waals surface area contributed by atoms with E-state index in [2.05, 4.69) is 71.5 Å². The molecule has 1 fully saturated rings. The fourth-order valence-electron chi connectivity index (χ4n) is 4.41. The highest BCUT2D eigenvalue weighted by molar-refractivity contribution is 6.62. The molecule has 5 heteroatoms. The Labute approximate surface area is 195 Å². The van der Waals surface area contributed by atoms with Crippen molar-refractivity contribution in [3.63, 3.8) is 0 Å². The number of aryl methyl sites for hydroxylation is 1. The predicted octanol–water partition coefficient (Wildman–Crippen LogP) is 4.07. The molecule has 0 unspecified atom stereocenters. The highest BCUT2D eigenvalue weighted by atomic mass is 16.7. The molecule has 168 valence electrons. The number of rotatable bonds is 3. The van der Waals surface area contributed by atoms with Crippen molar-refractivity contribution in [3.8, 4) is 17.2 Å². The SMILES string of the molecule is C=c1ccc2c(c1)Oc1cc(B3OC(C)(C)C(C)(C)O3)ccc1C=2c1ccc(OC)cc1C. The Morgan fingerprint density at radius 2 is 1.52 bits per heavy atom. The first-order valence-electron chi connectivity index (χ1n) is 11.3. The first-order chi connectivity index (χ1) is 15.6. The van der Waals surface area contributed by atoms with Crippen LogP contribution in [-0.2, 0) is 9.31 Å². The summed E-state index contributed by atoms with van der Waals surface area (Å²) in [4.78, 5) is 0. The fraction of sp³-hybridized carbons (Fsp3) is 0.286. The Kier molecular flexibility index (Phi) is 4.96. The number of methoxy groups -OCH3 is 1. The van der Waals surface area contributed by atoms with Gasteiger partial charge in [-0.3, -0.25) is 0 Å². The van der Waals surface area contributed by atoms with Crippen molar-refractivity contribution in [1.82, 2.24) is 0 Å². The number of hydrogen-bond donors (Lipinski definition) is 0. The summed E-state index contributed by atoms with van der Waals surface area (Å²) in [6.07, 6.45) is 0. The largest absolute Gasteiger partial charge is 0.497 e. The molecule has 33 heavy (non-hydrogen) atoms.